The lowest BCUT2D eigenvalue weighted by Crippen LogP contribution is -2.48. The fraction of sp³-hybridized carbons (Fsp3) is 0.417. The second-order valence-electron chi connectivity index (χ2n) is 8.47. The minimum Gasteiger partial charge on any atom is -0.484 e. The number of aryl methyl sites for hydroxylation is 1. The van der Waals surface area contributed by atoms with Crippen molar-refractivity contribution in [2.75, 3.05) is 18.1 Å². The van der Waals surface area contributed by atoms with Gasteiger partial charge in [-0.25, -0.2) is 5.43 Å². The number of carbonyl (C=O) groups excluding carboxylic acids is 1. The molecule has 3 rings (SSSR count). The summed E-state index contributed by atoms with van der Waals surface area (Å²) in [5, 5.41) is 4.69. The van der Waals surface area contributed by atoms with Gasteiger partial charge in [-0.05, 0) is 87.1 Å². The summed E-state index contributed by atoms with van der Waals surface area (Å²) in [4.78, 5) is 14.5. The molecular weight excluding hydrogens is 398 g/mol. The zero-order valence-electron chi connectivity index (χ0n) is 18.3. The monoisotopic (exact) mass is 427 g/mol. The maximum atomic E-state index is 12.0. The van der Waals surface area contributed by atoms with Crippen molar-refractivity contribution in [3.05, 3.63) is 58.1 Å². The van der Waals surface area contributed by atoms with Crippen LogP contribution in [-0.4, -0.2) is 30.8 Å². The number of benzene rings is 2. The van der Waals surface area contributed by atoms with E-state index in [-0.39, 0.29) is 18.1 Å². The van der Waals surface area contributed by atoms with Gasteiger partial charge in [0.25, 0.3) is 5.91 Å². The van der Waals surface area contributed by atoms with E-state index in [1.165, 1.54) is 11.3 Å². The van der Waals surface area contributed by atoms with Crippen LogP contribution in [0.4, 0.5) is 5.69 Å². The van der Waals surface area contributed by atoms with E-state index in [0.29, 0.717) is 16.7 Å². The highest BCUT2D eigenvalue weighted by Gasteiger charge is 2.35. The summed E-state index contributed by atoms with van der Waals surface area (Å²) in [5.74, 6) is 0.685. The molecule has 1 aliphatic rings. The van der Waals surface area contributed by atoms with Crippen LogP contribution in [0.5, 0.6) is 5.75 Å². The van der Waals surface area contributed by atoms with Gasteiger partial charge >= 0.3 is 0 Å². The van der Waals surface area contributed by atoms with Gasteiger partial charge in [0, 0.05) is 22.8 Å². The van der Waals surface area contributed by atoms with Crippen molar-refractivity contribution in [3.8, 4) is 5.75 Å². The van der Waals surface area contributed by atoms with Crippen LogP contribution in [0, 0.1) is 6.92 Å². The lowest BCUT2D eigenvalue weighted by atomic mass is 9.79. The number of amides is 1. The van der Waals surface area contributed by atoms with Crippen LogP contribution in [0.2, 0.25) is 5.02 Å². The summed E-state index contributed by atoms with van der Waals surface area (Å²) in [6.45, 7) is 12.0. The molecule has 0 aromatic heterocycles. The first-order valence-corrected chi connectivity index (χ1v) is 10.7. The third kappa shape index (κ3) is 4.96. The Morgan fingerprint density at radius 2 is 2.13 bits per heavy atom. The van der Waals surface area contributed by atoms with Crippen LogP contribution in [0.3, 0.4) is 0 Å². The molecule has 160 valence electrons. The first kappa shape index (κ1) is 22.2. The number of hydrogen-bond acceptors (Lipinski definition) is 4. The minimum absolute atomic E-state index is 0.127. The van der Waals surface area contributed by atoms with Gasteiger partial charge < -0.3 is 9.64 Å². The maximum absolute atomic E-state index is 12.0. The molecule has 2 aromatic carbocycles. The van der Waals surface area contributed by atoms with Gasteiger partial charge in [-0.15, -0.1) is 0 Å². The molecule has 1 amide bonds. The van der Waals surface area contributed by atoms with Gasteiger partial charge in [-0.3, -0.25) is 4.79 Å². The molecule has 0 saturated heterocycles. The highest BCUT2D eigenvalue weighted by Crippen LogP contribution is 2.43. The third-order valence-electron chi connectivity index (χ3n) is 5.65. The molecular formula is C24H30ClN3O2. The second-order valence-corrected chi connectivity index (χ2v) is 8.91. The van der Waals surface area contributed by atoms with Gasteiger partial charge in [0.15, 0.2) is 6.61 Å². The van der Waals surface area contributed by atoms with Crippen LogP contribution in [0.25, 0.3) is 0 Å². The normalized spacial score (nSPS) is 17.7. The SMILES string of the molecule is CCN1c2cc(C)c(/C=N/NC(=O)COc3cccc(Cl)c3)cc2C(C)CC1(C)C. The number of hydrazone groups is 1. The molecule has 0 fully saturated rings. The fourth-order valence-electron chi connectivity index (χ4n) is 4.30. The number of carbonyl (C=O) groups is 1. The Bertz CT molecular complexity index is 955. The molecule has 2 aromatic rings. The van der Waals surface area contributed by atoms with E-state index in [1.54, 1.807) is 30.5 Å². The fourth-order valence-corrected chi connectivity index (χ4v) is 4.48. The van der Waals surface area contributed by atoms with Crippen molar-refractivity contribution in [2.24, 2.45) is 5.10 Å². The molecule has 1 aliphatic heterocycles. The Morgan fingerprint density at radius 1 is 1.37 bits per heavy atom. The molecule has 0 radical (unpaired) electrons. The van der Waals surface area contributed by atoms with Crippen molar-refractivity contribution in [2.45, 2.75) is 52.5 Å². The molecule has 1 unspecified atom stereocenters. The Kier molecular flexibility index (Phi) is 6.71. The number of anilines is 1. The molecule has 1 heterocycles. The molecule has 5 nitrogen and oxygen atoms in total. The van der Waals surface area contributed by atoms with Crippen molar-refractivity contribution in [1.82, 2.24) is 5.43 Å². The molecule has 30 heavy (non-hydrogen) atoms. The number of ether oxygens (including phenoxy) is 1. The van der Waals surface area contributed by atoms with Gasteiger partial charge in [0.1, 0.15) is 5.75 Å². The summed E-state index contributed by atoms with van der Waals surface area (Å²) in [6.07, 6.45) is 2.81. The van der Waals surface area contributed by atoms with Crippen molar-refractivity contribution < 1.29 is 9.53 Å². The highest BCUT2D eigenvalue weighted by atomic mass is 35.5. The molecule has 0 spiro atoms. The highest BCUT2D eigenvalue weighted by molar-refractivity contribution is 6.30. The number of rotatable bonds is 6. The lowest BCUT2D eigenvalue weighted by molar-refractivity contribution is -0.123. The number of hydrogen-bond donors (Lipinski definition) is 1. The smallest absolute Gasteiger partial charge is 0.277 e. The van der Waals surface area contributed by atoms with Crippen LogP contribution in [0.15, 0.2) is 41.5 Å². The van der Waals surface area contributed by atoms with Crippen molar-refractivity contribution >= 4 is 29.4 Å². The molecule has 0 saturated carbocycles. The van der Waals surface area contributed by atoms with Crippen LogP contribution in [0.1, 0.15) is 56.7 Å². The Balaban J connectivity index is 1.67. The quantitative estimate of drug-likeness (QED) is 0.503. The van der Waals surface area contributed by atoms with Crippen molar-refractivity contribution in [1.29, 1.82) is 0 Å². The Labute approximate surface area is 184 Å². The number of fused-ring (bicyclic) bond motifs is 1. The number of nitrogens with one attached hydrogen (secondary N) is 1. The van der Waals surface area contributed by atoms with Crippen LogP contribution in [-0.2, 0) is 4.79 Å². The third-order valence-corrected chi connectivity index (χ3v) is 5.88. The van der Waals surface area contributed by atoms with Gasteiger partial charge in [0.2, 0.25) is 0 Å². The van der Waals surface area contributed by atoms with E-state index in [0.717, 1.165) is 24.1 Å². The molecule has 1 N–H and O–H groups in total. The predicted octanol–water partition coefficient (Wildman–Crippen LogP) is 5.29. The predicted molar refractivity (Wildman–Crippen MR) is 124 cm³/mol. The number of nitrogens with zero attached hydrogens (tertiary/aromatic N) is 2. The van der Waals surface area contributed by atoms with Crippen LogP contribution >= 0.6 is 11.6 Å². The molecule has 1 atom stereocenters. The maximum Gasteiger partial charge on any atom is 0.277 e. The molecule has 6 heteroatoms. The van der Waals surface area contributed by atoms with E-state index in [9.17, 15) is 4.79 Å². The minimum atomic E-state index is -0.325. The van der Waals surface area contributed by atoms with E-state index < -0.39 is 0 Å². The molecule has 0 aliphatic carbocycles. The van der Waals surface area contributed by atoms with E-state index in [4.69, 9.17) is 16.3 Å². The van der Waals surface area contributed by atoms with Gasteiger partial charge in [-0.2, -0.15) is 5.10 Å². The number of halogens is 1. The lowest BCUT2D eigenvalue weighted by Gasteiger charge is -2.47. The first-order valence-electron chi connectivity index (χ1n) is 10.3. The van der Waals surface area contributed by atoms with Crippen molar-refractivity contribution in [3.63, 3.8) is 0 Å². The summed E-state index contributed by atoms with van der Waals surface area (Å²) in [5.41, 5.74) is 7.44. The molecule has 0 bridgehead atoms. The summed E-state index contributed by atoms with van der Waals surface area (Å²) in [6, 6.07) is 11.4. The second kappa shape index (κ2) is 9.09. The standard InChI is InChI=1S/C24H30ClN3O2/c1-6-28-22-10-16(2)18(11-21(22)17(3)13-24(28,4)5)14-26-27-23(29)15-30-20-9-7-8-19(25)12-20/h7-12,14,17H,6,13,15H2,1-5H3,(H,27,29)/b26-14+. The van der Waals surface area contributed by atoms with Gasteiger partial charge in [0.05, 0.1) is 6.21 Å². The summed E-state index contributed by atoms with van der Waals surface area (Å²) < 4.78 is 5.43. The van der Waals surface area contributed by atoms with Gasteiger partial charge in [-0.1, -0.05) is 24.6 Å². The Hall–Kier alpha value is -2.53. The summed E-state index contributed by atoms with van der Waals surface area (Å²) in [7, 11) is 0. The largest absolute Gasteiger partial charge is 0.484 e. The average Bonchev–Trinajstić information content (AvgIpc) is 2.67. The van der Waals surface area contributed by atoms with E-state index in [1.807, 2.05) is 0 Å². The van der Waals surface area contributed by atoms with E-state index in [2.05, 4.69) is 62.2 Å². The first-order chi connectivity index (χ1) is 14.2. The summed E-state index contributed by atoms with van der Waals surface area (Å²) >= 11 is 5.91. The Morgan fingerprint density at radius 3 is 2.83 bits per heavy atom. The van der Waals surface area contributed by atoms with Crippen LogP contribution < -0.4 is 15.1 Å². The average molecular weight is 428 g/mol. The zero-order chi connectivity index (χ0) is 21.9. The zero-order valence-corrected chi connectivity index (χ0v) is 19.1. The van der Waals surface area contributed by atoms with E-state index >= 15 is 0 Å². The topological polar surface area (TPSA) is 53.9 Å².